The highest BCUT2D eigenvalue weighted by atomic mass is 16.5. The van der Waals surface area contributed by atoms with E-state index >= 15 is 0 Å². The first kappa shape index (κ1) is 17.5. The summed E-state index contributed by atoms with van der Waals surface area (Å²) in [6, 6.07) is 24.7. The molecule has 0 aliphatic rings. The molecule has 1 N–H and O–H groups in total. The van der Waals surface area contributed by atoms with Crippen LogP contribution in [-0.2, 0) is 11.2 Å². The van der Waals surface area contributed by atoms with Crippen LogP contribution in [0.4, 0.5) is 5.69 Å². The van der Waals surface area contributed by atoms with Gasteiger partial charge in [0.05, 0.1) is 7.11 Å². The number of nitrogens with one attached hydrogen (secondary N) is 1. The number of ether oxygens (including phenoxy) is 2. The molecule has 0 bridgehead atoms. The molecule has 0 fully saturated rings. The Balaban J connectivity index is 1.55. The van der Waals surface area contributed by atoms with Crippen molar-refractivity contribution >= 4 is 11.6 Å². The maximum atomic E-state index is 12.1. The molecule has 0 saturated heterocycles. The van der Waals surface area contributed by atoms with E-state index in [0.717, 1.165) is 17.7 Å². The molecule has 1 amide bonds. The Labute approximate surface area is 153 Å². The zero-order valence-electron chi connectivity index (χ0n) is 14.6. The average Bonchev–Trinajstić information content (AvgIpc) is 2.69. The number of methoxy groups -OCH3 is 1. The SMILES string of the molecule is COc1ccccc1Oc1ccc(NC(=O)CCc2ccccc2)cc1. The zero-order valence-corrected chi connectivity index (χ0v) is 14.6. The fourth-order valence-electron chi connectivity index (χ4n) is 2.56. The van der Waals surface area contributed by atoms with E-state index in [1.165, 1.54) is 0 Å². The minimum Gasteiger partial charge on any atom is -0.493 e. The summed E-state index contributed by atoms with van der Waals surface area (Å²) in [6.45, 7) is 0. The zero-order chi connectivity index (χ0) is 18.2. The second-order valence-electron chi connectivity index (χ2n) is 5.81. The van der Waals surface area contributed by atoms with Gasteiger partial charge in [-0.05, 0) is 48.4 Å². The van der Waals surface area contributed by atoms with Crippen LogP contribution in [0.3, 0.4) is 0 Å². The van der Waals surface area contributed by atoms with Gasteiger partial charge in [-0.3, -0.25) is 4.79 Å². The number of benzene rings is 3. The summed E-state index contributed by atoms with van der Waals surface area (Å²) in [6.07, 6.45) is 1.17. The summed E-state index contributed by atoms with van der Waals surface area (Å²) in [5, 5.41) is 2.91. The van der Waals surface area contributed by atoms with Gasteiger partial charge in [0.15, 0.2) is 11.5 Å². The van der Waals surface area contributed by atoms with Crippen LogP contribution >= 0.6 is 0 Å². The number of amides is 1. The van der Waals surface area contributed by atoms with Crippen LogP contribution in [0.15, 0.2) is 78.9 Å². The van der Waals surface area contributed by atoms with Crippen LogP contribution in [0, 0.1) is 0 Å². The number of anilines is 1. The molecule has 4 heteroatoms. The fraction of sp³-hybridized carbons (Fsp3) is 0.136. The van der Waals surface area contributed by atoms with Gasteiger partial charge in [-0.25, -0.2) is 0 Å². The Kier molecular flexibility index (Phi) is 5.88. The average molecular weight is 347 g/mol. The van der Waals surface area contributed by atoms with Crippen molar-refractivity contribution in [3.63, 3.8) is 0 Å². The number of rotatable bonds is 7. The highest BCUT2D eigenvalue weighted by Crippen LogP contribution is 2.31. The van der Waals surface area contributed by atoms with Gasteiger partial charge in [-0.2, -0.15) is 0 Å². The van der Waals surface area contributed by atoms with Crippen molar-refractivity contribution in [1.82, 2.24) is 0 Å². The number of carbonyl (C=O) groups excluding carboxylic acids is 1. The summed E-state index contributed by atoms with van der Waals surface area (Å²) < 4.78 is 11.1. The molecule has 26 heavy (non-hydrogen) atoms. The van der Waals surface area contributed by atoms with Gasteiger partial charge >= 0.3 is 0 Å². The number of hydrogen-bond acceptors (Lipinski definition) is 3. The normalized spacial score (nSPS) is 10.2. The molecular formula is C22H21NO3. The number of aryl methyl sites for hydroxylation is 1. The lowest BCUT2D eigenvalue weighted by molar-refractivity contribution is -0.116. The molecule has 0 aliphatic heterocycles. The second-order valence-corrected chi connectivity index (χ2v) is 5.81. The molecule has 0 spiro atoms. The van der Waals surface area contributed by atoms with Crippen LogP contribution in [0.5, 0.6) is 17.2 Å². The Hall–Kier alpha value is -3.27. The quantitative estimate of drug-likeness (QED) is 0.650. The van der Waals surface area contributed by atoms with Crippen LogP contribution in [0.2, 0.25) is 0 Å². The molecule has 0 atom stereocenters. The van der Waals surface area contributed by atoms with Gasteiger partial charge in [0.2, 0.25) is 5.91 Å². The minimum atomic E-state index is -0.00718. The van der Waals surface area contributed by atoms with Gasteiger partial charge in [0.1, 0.15) is 5.75 Å². The van der Waals surface area contributed by atoms with Crippen molar-refractivity contribution in [3.8, 4) is 17.2 Å². The topological polar surface area (TPSA) is 47.6 Å². The smallest absolute Gasteiger partial charge is 0.224 e. The van der Waals surface area contributed by atoms with E-state index in [9.17, 15) is 4.79 Å². The highest BCUT2D eigenvalue weighted by Gasteiger charge is 2.06. The molecule has 0 heterocycles. The summed E-state index contributed by atoms with van der Waals surface area (Å²) >= 11 is 0. The lowest BCUT2D eigenvalue weighted by Gasteiger charge is -2.11. The molecule has 0 radical (unpaired) electrons. The molecule has 3 aromatic carbocycles. The van der Waals surface area contributed by atoms with Crippen molar-refractivity contribution in [1.29, 1.82) is 0 Å². The fourth-order valence-corrected chi connectivity index (χ4v) is 2.56. The first-order valence-electron chi connectivity index (χ1n) is 8.49. The van der Waals surface area contributed by atoms with Crippen molar-refractivity contribution in [2.75, 3.05) is 12.4 Å². The maximum absolute atomic E-state index is 12.1. The van der Waals surface area contributed by atoms with Crippen LogP contribution in [0.1, 0.15) is 12.0 Å². The number of hydrogen-bond donors (Lipinski definition) is 1. The van der Waals surface area contributed by atoms with Crippen LogP contribution < -0.4 is 14.8 Å². The van der Waals surface area contributed by atoms with E-state index in [1.807, 2.05) is 78.9 Å². The molecule has 0 unspecified atom stereocenters. The number of para-hydroxylation sites is 2. The van der Waals surface area contributed by atoms with E-state index in [0.29, 0.717) is 23.7 Å². The van der Waals surface area contributed by atoms with Crippen molar-refractivity contribution in [2.24, 2.45) is 0 Å². The molecule has 3 aromatic rings. The van der Waals surface area contributed by atoms with Crippen molar-refractivity contribution in [3.05, 3.63) is 84.4 Å². The van der Waals surface area contributed by atoms with Crippen LogP contribution in [0.25, 0.3) is 0 Å². The highest BCUT2D eigenvalue weighted by molar-refractivity contribution is 5.90. The van der Waals surface area contributed by atoms with E-state index in [2.05, 4.69) is 5.32 Å². The van der Waals surface area contributed by atoms with Crippen LogP contribution in [-0.4, -0.2) is 13.0 Å². The third-order valence-corrected chi connectivity index (χ3v) is 3.92. The molecule has 3 rings (SSSR count). The Morgan fingerprint density at radius 3 is 2.19 bits per heavy atom. The second kappa shape index (κ2) is 8.72. The Bertz CT molecular complexity index is 845. The largest absolute Gasteiger partial charge is 0.493 e. The predicted octanol–water partition coefficient (Wildman–Crippen LogP) is 5.06. The molecule has 132 valence electrons. The van der Waals surface area contributed by atoms with E-state index in [1.54, 1.807) is 7.11 Å². The lowest BCUT2D eigenvalue weighted by Crippen LogP contribution is -2.12. The van der Waals surface area contributed by atoms with Gasteiger partial charge in [0, 0.05) is 12.1 Å². The first-order chi connectivity index (χ1) is 12.7. The van der Waals surface area contributed by atoms with Crippen molar-refractivity contribution in [2.45, 2.75) is 12.8 Å². The first-order valence-corrected chi connectivity index (χ1v) is 8.49. The minimum absolute atomic E-state index is 0.00718. The molecular weight excluding hydrogens is 326 g/mol. The van der Waals surface area contributed by atoms with Gasteiger partial charge in [0.25, 0.3) is 0 Å². The summed E-state index contributed by atoms with van der Waals surface area (Å²) in [5.74, 6) is 1.99. The van der Waals surface area contributed by atoms with Gasteiger partial charge < -0.3 is 14.8 Å². The maximum Gasteiger partial charge on any atom is 0.224 e. The summed E-state index contributed by atoms with van der Waals surface area (Å²) in [4.78, 5) is 12.1. The monoisotopic (exact) mass is 347 g/mol. The molecule has 0 aliphatic carbocycles. The van der Waals surface area contributed by atoms with Gasteiger partial charge in [-0.15, -0.1) is 0 Å². The standard InChI is InChI=1S/C22H21NO3/c1-25-20-9-5-6-10-21(20)26-19-14-12-18(13-15-19)23-22(24)16-11-17-7-3-2-4-8-17/h2-10,12-15H,11,16H2,1H3,(H,23,24). The van der Waals surface area contributed by atoms with E-state index < -0.39 is 0 Å². The molecule has 0 saturated carbocycles. The predicted molar refractivity (Wildman–Crippen MR) is 103 cm³/mol. The van der Waals surface area contributed by atoms with E-state index in [4.69, 9.17) is 9.47 Å². The van der Waals surface area contributed by atoms with E-state index in [-0.39, 0.29) is 5.91 Å². The summed E-state index contributed by atoms with van der Waals surface area (Å²) in [5.41, 5.74) is 1.90. The Morgan fingerprint density at radius 2 is 1.50 bits per heavy atom. The third kappa shape index (κ3) is 4.86. The Morgan fingerprint density at radius 1 is 0.846 bits per heavy atom. The lowest BCUT2D eigenvalue weighted by atomic mass is 10.1. The number of carbonyl (C=O) groups is 1. The molecule has 0 aromatic heterocycles. The van der Waals surface area contributed by atoms with Crippen molar-refractivity contribution < 1.29 is 14.3 Å². The molecule has 4 nitrogen and oxygen atoms in total. The third-order valence-electron chi connectivity index (χ3n) is 3.92. The van der Waals surface area contributed by atoms with Gasteiger partial charge in [-0.1, -0.05) is 42.5 Å². The summed E-state index contributed by atoms with van der Waals surface area (Å²) in [7, 11) is 1.61.